The summed E-state index contributed by atoms with van der Waals surface area (Å²) in [5.41, 5.74) is 3.50. The third-order valence-corrected chi connectivity index (χ3v) is 6.70. The largest absolute Gasteiger partial charge is 0.508 e. The van der Waals surface area contributed by atoms with Gasteiger partial charge in [0, 0.05) is 29.3 Å². The molecule has 0 fully saturated rings. The number of nitrogens with zero attached hydrogens (tertiary/aromatic N) is 1. The molecule has 1 N–H and O–H groups in total. The minimum absolute atomic E-state index is 0.0519. The second-order valence-corrected chi connectivity index (χ2v) is 8.97. The Hall–Kier alpha value is -3.61. The summed E-state index contributed by atoms with van der Waals surface area (Å²) in [5.74, 6) is -0.490. The van der Waals surface area contributed by atoms with Crippen molar-refractivity contribution in [1.82, 2.24) is 0 Å². The first-order valence-electron chi connectivity index (χ1n) is 11.9. The summed E-state index contributed by atoms with van der Waals surface area (Å²) in [6, 6.07) is 12.4. The number of rotatable bonds is 7. The zero-order valence-corrected chi connectivity index (χ0v) is 20.5. The Bertz CT molecular complexity index is 1200. The van der Waals surface area contributed by atoms with Crippen LogP contribution in [0.25, 0.3) is 0 Å². The van der Waals surface area contributed by atoms with Crippen LogP contribution >= 0.6 is 0 Å². The number of carbonyl (C=O) groups is 2. The van der Waals surface area contributed by atoms with Crippen LogP contribution < -0.4 is 9.47 Å². The first-order valence-corrected chi connectivity index (χ1v) is 11.9. The minimum Gasteiger partial charge on any atom is -0.508 e. The number of aromatic hydroxyl groups is 1. The number of ketones is 1. The number of benzene rings is 2. The Labute approximate surface area is 205 Å². The van der Waals surface area contributed by atoms with Crippen molar-refractivity contribution in [1.29, 1.82) is 0 Å². The van der Waals surface area contributed by atoms with Crippen molar-refractivity contribution in [3.63, 3.8) is 0 Å². The summed E-state index contributed by atoms with van der Waals surface area (Å²) in [4.78, 5) is 31.5. The fraction of sp³-hybridized carbons (Fsp3) is 0.393. The molecule has 0 amide bonds. The molecule has 184 valence electrons. The number of phenolic OH excluding ortho intramolecular Hbond substituents is 1. The number of esters is 1. The van der Waals surface area contributed by atoms with Crippen molar-refractivity contribution in [2.24, 2.45) is 10.9 Å². The van der Waals surface area contributed by atoms with Crippen LogP contribution in [-0.2, 0) is 14.3 Å². The van der Waals surface area contributed by atoms with Crippen molar-refractivity contribution in [3.8, 4) is 17.2 Å². The molecule has 0 saturated heterocycles. The van der Waals surface area contributed by atoms with E-state index in [1.165, 1.54) is 0 Å². The van der Waals surface area contributed by atoms with Gasteiger partial charge in [-0.05, 0) is 61.1 Å². The van der Waals surface area contributed by atoms with E-state index in [2.05, 4.69) is 0 Å². The quantitative estimate of drug-likeness (QED) is 0.568. The molecule has 2 aromatic carbocycles. The molecule has 2 aromatic rings. The van der Waals surface area contributed by atoms with Crippen molar-refractivity contribution in [2.45, 2.75) is 44.9 Å². The molecule has 1 aliphatic carbocycles. The number of hydrogen-bond donors (Lipinski definition) is 1. The van der Waals surface area contributed by atoms with Gasteiger partial charge >= 0.3 is 5.97 Å². The van der Waals surface area contributed by atoms with Crippen LogP contribution in [0, 0.1) is 5.92 Å². The first kappa shape index (κ1) is 24.5. The molecule has 0 radical (unpaired) electrons. The topological polar surface area (TPSA) is 94.4 Å². The third-order valence-electron chi connectivity index (χ3n) is 6.70. The molecule has 35 heavy (non-hydrogen) atoms. The fourth-order valence-corrected chi connectivity index (χ4v) is 5.08. The van der Waals surface area contributed by atoms with Gasteiger partial charge < -0.3 is 19.3 Å². The molecule has 1 unspecified atom stereocenters. The van der Waals surface area contributed by atoms with E-state index in [4.69, 9.17) is 19.2 Å². The number of aliphatic imine (C=N–C) groups is 1. The van der Waals surface area contributed by atoms with Crippen LogP contribution in [0.4, 0.5) is 0 Å². The van der Waals surface area contributed by atoms with Gasteiger partial charge in [0.15, 0.2) is 17.3 Å². The monoisotopic (exact) mass is 477 g/mol. The highest BCUT2D eigenvalue weighted by atomic mass is 16.5. The second-order valence-electron chi connectivity index (χ2n) is 8.97. The van der Waals surface area contributed by atoms with E-state index < -0.39 is 17.8 Å². The molecule has 3 atom stereocenters. The summed E-state index contributed by atoms with van der Waals surface area (Å²) in [7, 11) is 3.17. The first-order chi connectivity index (χ1) is 16.9. The summed E-state index contributed by atoms with van der Waals surface area (Å²) in [6.07, 6.45) is 1.54. The predicted molar refractivity (Wildman–Crippen MR) is 132 cm³/mol. The normalized spacial score (nSPS) is 21.8. The van der Waals surface area contributed by atoms with Gasteiger partial charge in [0.2, 0.25) is 0 Å². The van der Waals surface area contributed by atoms with E-state index in [9.17, 15) is 14.7 Å². The van der Waals surface area contributed by atoms with Crippen molar-refractivity contribution in [2.75, 3.05) is 20.8 Å². The highest BCUT2D eigenvalue weighted by Gasteiger charge is 2.44. The van der Waals surface area contributed by atoms with Crippen LogP contribution in [-0.4, -0.2) is 43.4 Å². The molecule has 2 aliphatic rings. The molecule has 0 bridgehead atoms. The average molecular weight is 478 g/mol. The maximum atomic E-state index is 13.6. The van der Waals surface area contributed by atoms with Crippen molar-refractivity contribution in [3.05, 3.63) is 64.9 Å². The fourth-order valence-electron chi connectivity index (χ4n) is 5.08. The number of ether oxygens (including phenoxy) is 3. The van der Waals surface area contributed by atoms with Gasteiger partial charge in [-0.1, -0.05) is 25.1 Å². The summed E-state index contributed by atoms with van der Waals surface area (Å²) < 4.78 is 16.3. The Balaban J connectivity index is 1.76. The molecule has 0 aromatic heterocycles. The van der Waals surface area contributed by atoms with E-state index >= 15 is 0 Å². The lowest BCUT2D eigenvalue weighted by Crippen LogP contribution is -2.38. The van der Waals surface area contributed by atoms with Gasteiger partial charge in [-0.2, -0.15) is 0 Å². The van der Waals surface area contributed by atoms with Gasteiger partial charge in [-0.15, -0.1) is 0 Å². The van der Waals surface area contributed by atoms with Gasteiger partial charge in [-0.3, -0.25) is 14.6 Å². The zero-order chi connectivity index (χ0) is 25.1. The molecule has 1 aliphatic heterocycles. The molecule has 4 rings (SSSR count). The maximum absolute atomic E-state index is 13.6. The van der Waals surface area contributed by atoms with Crippen LogP contribution in [0.5, 0.6) is 17.2 Å². The van der Waals surface area contributed by atoms with Crippen LogP contribution in [0.1, 0.15) is 56.1 Å². The molecule has 7 heteroatoms. The number of carbonyl (C=O) groups excluding carboxylic acids is 2. The van der Waals surface area contributed by atoms with Gasteiger partial charge in [0.05, 0.1) is 20.8 Å². The number of hydrogen-bond acceptors (Lipinski definition) is 7. The highest BCUT2D eigenvalue weighted by Crippen LogP contribution is 2.47. The van der Waals surface area contributed by atoms with Crippen molar-refractivity contribution < 1.29 is 28.9 Å². The van der Waals surface area contributed by atoms with Crippen molar-refractivity contribution >= 4 is 17.5 Å². The van der Waals surface area contributed by atoms with Gasteiger partial charge in [0.25, 0.3) is 0 Å². The van der Waals surface area contributed by atoms with E-state index in [-0.39, 0.29) is 23.9 Å². The summed E-state index contributed by atoms with van der Waals surface area (Å²) >= 11 is 0. The van der Waals surface area contributed by atoms with Crippen LogP contribution in [0.3, 0.4) is 0 Å². The minimum atomic E-state index is -0.719. The lowest BCUT2D eigenvalue weighted by molar-refractivity contribution is -0.146. The Morgan fingerprint density at radius 1 is 1.06 bits per heavy atom. The Kier molecular flexibility index (Phi) is 7.24. The van der Waals surface area contributed by atoms with E-state index in [0.29, 0.717) is 53.5 Å². The maximum Gasteiger partial charge on any atom is 0.315 e. The van der Waals surface area contributed by atoms with Gasteiger partial charge in [0.1, 0.15) is 11.7 Å². The predicted octanol–water partition coefficient (Wildman–Crippen LogP) is 4.94. The Morgan fingerprint density at radius 2 is 1.83 bits per heavy atom. The molecular formula is C28H31NO6. The SMILES string of the molecule is CCCOC(=O)C1C(C)=NC2=C(C(=O)C[C@@H](c3ccc(OC)c(OC)c3)C2)[C@@H]1c1cccc(O)c1. The lowest BCUT2D eigenvalue weighted by atomic mass is 9.69. The number of phenols is 1. The average Bonchev–Trinajstić information content (AvgIpc) is 2.85. The van der Waals surface area contributed by atoms with E-state index in [0.717, 1.165) is 5.56 Å². The molecule has 7 nitrogen and oxygen atoms in total. The van der Waals surface area contributed by atoms with Gasteiger partial charge in [-0.25, -0.2) is 0 Å². The number of methoxy groups -OCH3 is 2. The summed E-state index contributed by atoms with van der Waals surface area (Å²) in [6.45, 7) is 4.04. The van der Waals surface area contributed by atoms with E-state index in [1.807, 2.05) is 38.1 Å². The third kappa shape index (κ3) is 4.81. The zero-order valence-electron chi connectivity index (χ0n) is 20.5. The molecule has 0 saturated carbocycles. The Morgan fingerprint density at radius 3 is 2.51 bits per heavy atom. The lowest BCUT2D eigenvalue weighted by Gasteiger charge is -2.36. The van der Waals surface area contributed by atoms with Crippen LogP contribution in [0.15, 0.2) is 58.7 Å². The van der Waals surface area contributed by atoms with Crippen LogP contribution in [0.2, 0.25) is 0 Å². The molecule has 0 spiro atoms. The standard InChI is InChI=1S/C28H31NO6/c1-5-11-35-28(32)25-16(2)29-21-13-19(17-9-10-23(33-3)24(15-17)34-4)14-22(31)27(21)26(25)18-7-6-8-20(30)12-18/h6-10,12,15,19,25-26,30H,5,11,13-14H2,1-4H3/t19-,25?,26+/m0/s1. The molecule has 1 heterocycles. The second kappa shape index (κ2) is 10.3. The molecular weight excluding hydrogens is 446 g/mol. The smallest absolute Gasteiger partial charge is 0.315 e. The van der Waals surface area contributed by atoms with E-state index in [1.54, 1.807) is 32.4 Å². The highest BCUT2D eigenvalue weighted by molar-refractivity contribution is 6.09. The number of Topliss-reactive ketones (excluding diaryl/α,β-unsaturated/α-hetero) is 1. The summed E-state index contributed by atoms with van der Waals surface area (Å²) in [5, 5.41) is 10.2. The number of allylic oxidation sites excluding steroid dienone is 2.